The standard InChI is InChI=1S/C17H19ClFN3O/c1-4-21(5-2)16(23)11-10-15-12(3)20-22(17(15)18)14-8-6-13(19)7-9-14/h6-11H,4-5H2,1-3H3/b11-10+. The molecule has 0 aliphatic rings. The van der Waals surface area contributed by atoms with Crippen molar-refractivity contribution in [3.63, 3.8) is 0 Å². The molecule has 0 saturated heterocycles. The molecule has 0 N–H and O–H groups in total. The highest BCUT2D eigenvalue weighted by atomic mass is 35.5. The molecule has 0 atom stereocenters. The van der Waals surface area contributed by atoms with E-state index in [1.165, 1.54) is 22.9 Å². The molecule has 4 nitrogen and oxygen atoms in total. The highest BCUT2D eigenvalue weighted by Crippen LogP contribution is 2.24. The molecule has 2 aromatic rings. The molecule has 23 heavy (non-hydrogen) atoms. The molecule has 122 valence electrons. The van der Waals surface area contributed by atoms with E-state index in [-0.39, 0.29) is 11.7 Å². The maximum Gasteiger partial charge on any atom is 0.246 e. The van der Waals surface area contributed by atoms with Crippen molar-refractivity contribution in [2.24, 2.45) is 0 Å². The van der Waals surface area contributed by atoms with E-state index in [1.807, 2.05) is 20.8 Å². The van der Waals surface area contributed by atoms with E-state index in [0.717, 1.165) is 0 Å². The van der Waals surface area contributed by atoms with Crippen LogP contribution < -0.4 is 0 Å². The summed E-state index contributed by atoms with van der Waals surface area (Å²) in [5.41, 5.74) is 2.04. The molecule has 0 aliphatic heterocycles. The Morgan fingerprint density at radius 2 is 1.91 bits per heavy atom. The zero-order valence-corrected chi connectivity index (χ0v) is 14.1. The summed E-state index contributed by atoms with van der Waals surface area (Å²) < 4.78 is 14.5. The van der Waals surface area contributed by atoms with Crippen molar-refractivity contribution in [1.82, 2.24) is 14.7 Å². The Kier molecular flexibility index (Phi) is 5.55. The molecule has 1 aromatic heterocycles. The molecule has 6 heteroatoms. The number of aryl methyl sites for hydroxylation is 1. The Labute approximate surface area is 140 Å². The lowest BCUT2D eigenvalue weighted by Gasteiger charge is -2.15. The minimum Gasteiger partial charge on any atom is -0.340 e. The minimum absolute atomic E-state index is 0.0694. The molecule has 0 radical (unpaired) electrons. The van der Waals surface area contributed by atoms with Crippen LogP contribution >= 0.6 is 11.6 Å². The molecule has 0 bridgehead atoms. The molecule has 0 spiro atoms. The molecule has 1 aromatic carbocycles. The van der Waals surface area contributed by atoms with Gasteiger partial charge in [-0.1, -0.05) is 11.6 Å². The van der Waals surface area contributed by atoms with Crippen molar-refractivity contribution < 1.29 is 9.18 Å². The van der Waals surface area contributed by atoms with Crippen LogP contribution in [0.25, 0.3) is 11.8 Å². The van der Waals surface area contributed by atoms with Crippen LogP contribution in [0, 0.1) is 12.7 Å². The number of nitrogens with zero attached hydrogens (tertiary/aromatic N) is 3. The van der Waals surface area contributed by atoms with Gasteiger partial charge in [-0.05, 0) is 51.1 Å². The van der Waals surface area contributed by atoms with E-state index < -0.39 is 0 Å². The summed E-state index contributed by atoms with van der Waals surface area (Å²) in [5.74, 6) is -0.390. The Morgan fingerprint density at radius 3 is 2.48 bits per heavy atom. The van der Waals surface area contributed by atoms with E-state index in [4.69, 9.17) is 11.6 Å². The Balaban J connectivity index is 2.31. The van der Waals surface area contributed by atoms with Gasteiger partial charge in [-0.2, -0.15) is 5.10 Å². The molecule has 2 rings (SSSR count). The van der Waals surface area contributed by atoms with Gasteiger partial charge in [0.25, 0.3) is 0 Å². The topological polar surface area (TPSA) is 38.1 Å². The van der Waals surface area contributed by atoms with Crippen molar-refractivity contribution in [1.29, 1.82) is 0 Å². The van der Waals surface area contributed by atoms with Crippen LogP contribution in [0.4, 0.5) is 4.39 Å². The largest absolute Gasteiger partial charge is 0.340 e. The van der Waals surface area contributed by atoms with Gasteiger partial charge in [0.15, 0.2) is 0 Å². The molecule has 1 heterocycles. The van der Waals surface area contributed by atoms with Crippen LogP contribution in [0.3, 0.4) is 0 Å². The van der Waals surface area contributed by atoms with Gasteiger partial charge in [-0.25, -0.2) is 9.07 Å². The fourth-order valence-electron chi connectivity index (χ4n) is 2.25. The Hall–Kier alpha value is -2.14. The number of hydrogen-bond acceptors (Lipinski definition) is 2. The zero-order valence-electron chi connectivity index (χ0n) is 13.4. The second-order valence-corrected chi connectivity index (χ2v) is 5.38. The lowest BCUT2D eigenvalue weighted by atomic mass is 10.2. The second kappa shape index (κ2) is 7.42. The predicted molar refractivity (Wildman–Crippen MR) is 90.2 cm³/mol. The van der Waals surface area contributed by atoms with Crippen molar-refractivity contribution in [2.75, 3.05) is 13.1 Å². The van der Waals surface area contributed by atoms with E-state index in [2.05, 4.69) is 5.10 Å². The van der Waals surface area contributed by atoms with E-state index in [9.17, 15) is 9.18 Å². The number of carbonyl (C=O) groups excluding carboxylic acids is 1. The highest BCUT2D eigenvalue weighted by molar-refractivity contribution is 6.31. The van der Waals surface area contributed by atoms with Crippen molar-refractivity contribution >= 4 is 23.6 Å². The Morgan fingerprint density at radius 1 is 1.30 bits per heavy atom. The Bertz CT molecular complexity index is 718. The minimum atomic E-state index is -0.321. The summed E-state index contributed by atoms with van der Waals surface area (Å²) in [6.07, 6.45) is 3.17. The zero-order chi connectivity index (χ0) is 17.0. The van der Waals surface area contributed by atoms with E-state index in [1.54, 1.807) is 23.1 Å². The summed E-state index contributed by atoms with van der Waals surface area (Å²) in [4.78, 5) is 13.8. The number of carbonyl (C=O) groups is 1. The first kappa shape index (κ1) is 17.2. The first-order valence-electron chi connectivity index (χ1n) is 7.46. The number of aromatic nitrogens is 2. The van der Waals surface area contributed by atoms with Gasteiger partial charge < -0.3 is 4.90 Å². The van der Waals surface area contributed by atoms with Crippen LogP contribution in [0.5, 0.6) is 0 Å². The number of halogens is 2. The second-order valence-electron chi connectivity index (χ2n) is 5.02. The van der Waals surface area contributed by atoms with Gasteiger partial charge in [0.05, 0.1) is 11.4 Å². The molecular weight excluding hydrogens is 317 g/mol. The smallest absolute Gasteiger partial charge is 0.246 e. The maximum atomic E-state index is 13.0. The number of likely N-dealkylation sites (N-methyl/N-ethyl adjacent to an activating group) is 1. The number of amides is 1. The predicted octanol–water partition coefficient (Wildman–Crippen LogP) is 3.85. The van der Waals surface area contributed by atoms with Gasteiger partial charge in [-0.3, -0.25) is 4.79 Å². The lowest BCUT2D eigenvalue weighted by Crippen LogP contribution is -2.28. The third-order valence-corrected chi connectivity index (χ3v) is 3.95. The molecule has 1 amide bonds. The first-order valence-corrected chi connectivity index (χ1v) is 7.83. The van der Waals surface area contributed by atoms with Crippen LogP contribution in [0.15, 0.2) is 30.3 Å². The fourth-order valence-corrected chi connectivity index (χ4v) is 2.58. The molecule has 0 aliphatic carbocycles. The SMILES string of the molecule is CCN(CC)C(=O)/C=C/c1c(C)nn(-c2ccc(F)cc2)c1Cl. The van der Waals surface area contributed by atoms with Gasteiger partial charge in [0.1, 0.15) is 11.0 Å². The van der Waals surface area contributed by atoms with E-state index >= 15 is 0 Å². The number of benzene rings is 1. The number of rotatable bonds is 5. The molecule has 0 fully saturated rings. The van der Waals surface area contributed by atoms with Crippen molar-refractivity contribution in [3.8, 4) is 5.69 Å². The summed E-state index contributed by atoms with van der Waals surface area (Å²) in [6.45, 7) is 6.98. The molecule has 0 unspecified atom stereocenters. The van der Waals surface area contributed by atoms with Gasteiger partial charge in [0, 0.05) is 24.7 Å². The third kappa shape index (κ3) is 3.79. The third-order valence-electron chi connectivity index (χ3n) is 3.59. The number of hydrogen-bond donors (Lipinski definition) is 0. The summed E-state index contributed by atoms with van der Waals surface area (Å²) >= 11 is 6.37. The average molecular weight is 336 g/mol. The van der Waals surface area contributed by atoms with Crippen molar-refractivity contribution in [2.45, 2.75) is 20.8 Å². The fraction of sp³-hybridized carbons (Fsp3) is 0.294. The van der Waals surface area contributed by atoms with Gasteiger partial charge in [0.2, 0.25) is 5.91 Å². The van der Waals surface area contributed by atoms with Crippen LogP contribution in [-0.4, -0.2) is 33.7 Å². The average Bonchev–Trinajstić information content (AvgIpc) is 2.82. The monoisotopic (exact) mass is 335 g/mol. The van der Waals surface area contributed by atoms with Crippen LogP contribution in [0.1, 0.15) is 25.1 Å². The van der Waals surface area contributed by atoms with Crippen LogP contribution in [0.2, 0.25) is 5.15 Å². The first-order chi connectivity index (χ1) is 11.0. The van der Waals surface area contributed by atoms with E-state index in [0.29, 0.717) is 35.2 Å². The maximum absolute atomic E-state index is 13.0. The lowest BCUT2D eigenvalue weighted by molar-refractivity contribution is -0.125. The van der Waals surface area contributed by atoms with Gasteiger partial charge >= 0.3 is 0 Å². The summed E-state index contributed by atoms with van der Waals surface area (Å²) in [5, 5.41) is 4.75. The van der Waals surface area contributed by atoms with Crippen LogP contribution in [-0.2, 0) is 4.79 Å². The molecular formula is C17H19ClFN3O. The summed E-state index contributed by atoms with van der Waals surface area (Å²) in [7, 11) is 0. The van der Waals surface area contributed by atoms with Crippen molar-refractivity contribution in [3.05, 3.63) is 52.6 Å². The van der Waals surface area contributed by atoms with Gasteiger partial charge in [-0.15, -0.1) is 0 Å². The summed E-state index contributed by atoms with van der Waals surface area (Å²) in [6, 6.07) is 5.90. The normalized spacial score (nSPS) is 11.2. The molecule has 0 saturated carbocycles. The highest BCUT2D eigenvalue weighted by Gasteiger charge is 2.13. The quantitative estimate of drug-likeness (QED) is 0.778.